The largest absolute Gasteiger partial charge is 0.435 e. The molecule has 0 amide bonds. The van der Waals surface area contributed by atoms with Crippen molar-refractivity contribution in [2.45, 2.75) is 19.6 Å². The molecule has 1 aliphatic heterocycles. The molecule has 2 heterocycles. The molecule has 4 nitrogen and oxygen atoms in total. The van der Waals surface area contributed by atoms with E-state index in [9.17, 15) is 13.2 Å². The van der Waals surface area contributed by atoms with Gasteiger partial charge in [-0.15, -0.1) is 0 Å². The van der Waals surface area contributed by atoms with Crippen molar-refractivity contribution < 1.29 is 13.2 Å². The van der Waals surface area contributed by atoms with E-state index in [2.05, 4.69) is 15.4 Å². The van der Waals surface area contributed by atoms with E-state index in [0.717, 1.165) is 12.1 Å². The van der Waals surface area contributed by atoms with Crippen molar-refractivity contribution in [2.75, 3.05) is 13.1 Å². The van der Waals surface area contributed by atoms with Gasteiger partial charge in [-0.05, 0) is 12.5 Å². The monoisotopic (exact) mass is 282 g/mol. The molecule has 0 radical (unpaired) electrons. The minimum absolute atomic E-state index is 0.135. The molecule has 1 N–H and O–H groups in total. The number of nitrogens with zero attached hydrogens (tertiary/aromatic N) is 3. The van der Waals surface area contributed by atoms with Gasteiger partial charge >= 0.3 is 6.18 Å². The highest BCUT2D eigenvalue weighted by molar-refractivity contribution is 5.88. The molecule has 0 saturated heterocycles. The van der Waals surface area contributed by atoms with Crippen LogP contribution in [0.4, 0.5) is 13.2 Å². The van der Waals surface area contributed by atoms with Crippen molar-refractivity contribution in [3.05, 3.63) is 29.5 Å². The van der Waals surface area contributed by atoms with Crippen LogP contribution in [-0.4, -0.2) is 28.7 Å². The molecule has 1 aliphatic rings. The van der Waals surface area contributed by atoms with Crippen LogP contribution in [0.25, 0.3) is 10.9 Å². The zero-order valence-corrected chi connectivity index (χ0v) is 10.8. The maximum atomic E-state index is 13.1. The van der Waals surface area contributed by atoms with Gasteiger partial charge in [-0.25, -0.2) is 0 Å². The molecule has 3 rings (SSSR count). The smallest absolute Gasteiger partial charge is 0.370 e. The number of hydrogen-bond acceptors (Lipinski definition) is 3. The van der Waals surface area contributed by atoms with Gasteiger partial charge in [-0.3, -0.25) is 9.67 Å². The second-order valence-electron chi connectivity index (χ2n) is 4.73. The Kier molecular flexibility index (Phi) is 2.92. The van der Waals surface area contributed by atoms with Gasteiger partial charge < -0.3 is 5.32 Å². The van der Waals surface area contributed by atoms with Gasteiger partial charge in [0.05, 0.1) is 18.6 Å². The quantitative estimate of drug-likeness (QED) is 0.918. The lowest BCUT2D eigenvalue weighted by Crippen LogP contribution is -2.24. The fourth-order valence-electron chi connectivity index (χ4n) is 2.44. The number of aromatic nitrogens is 2. The van der Waals surface area contributed by atoms with Gasteiger partial charge in [0, 0.05) is 11.9 Å². The summed E-state index contributed by atoms with van der Waals surface area (Å²) in [5.41, 5.74) is 0.440. The van der Waals surface area contributed by atoms with Crippen molar-refractivity contribution in [3.63, 3.8) is 0 Å². The highest BCUT2D eigenvalue weighted by Crippen LogP contribution is 2.34. The van der Waals surface area contributed by atoms with E-state index < -0.39 is 11.9 Å². The number of hydrogen-bond donors (Lipinski definition) is 1. The van der Waals surface area contributed by atoms with E-state index in [1.165, 1.54) is 10.7 Å². The summed E-state index contributed by atoms with van der Waals surface area (Å²) in [6, 6.07) is 4.85. The zero-order chi connectivity index (χ0) is 14.3. The number of alkyl halides is 3. The lowest BCUT2D eigenvalue weighted by molar-refractivity contribution is -0.140. The highest BCUT2D eigenvalue weighted by atomic mass is 19.4. The molecule has 0 aliphatic carbocycles. The number of aliphatic imine (C=N–C) groups is 1. The van der Waals surface area contributed by atoms with Crippen LogP contribution in [0.5, 0.6) is 0 Å². The molecule has 1 aromatic carbocycles. The van der Waals surface area contributed by atoms with Gasteiger partial charge in [0.1, 0.15) is 5.84 Å². The molecule has 0 bridgehead atoms. The molecule has 7 heteroatoms. The fraction of sp³-hybridized carbons (Fsp3) is 0.385. The van der Waals surface area contributed by atoms with Crippen LogP contribution in [0, 0.1) is 6.92 Å². The molecule has 0 saturated carbocycles. The lowest BCUT2D eigenvalue weighted by atomic mass is 10.1. The molecule has 0 unspecified atom stereocenters. The van der Waals surface area contributed by atoms with Crippen LogP contribution in [0.1, 0.15) is 11.3 Å². The predicted molar refractivity (Wildman–Crippen MR) is 69.8 cm³/mol. The second-order valence-corrected chi connectivity index (χ2v) is 4.73. The summed E-state index contributed by atoms with van der Waals surface area (Å²) >= 11 is 0. The zero-order valence-electron chi connectivity index (χ0n) is 10.8. The molecule has 106 valence electrons. The number of fused-ring (bicyclic) bond motifs is 1. The Morgan fingerprint density at radius 2 is 2.15 bits per heavy atom. The molecule has 0 fully saturated rings. The van der Waals surface area contributed by atoms with Crippen LogP contribution < -0.4 is 5.32 Å². The minimum Gasteiger partial charge on any atom is -0.370 e. The average molecular weight is 282 g/mol. The first-order chi connectivity index (χ1) is 9.47. The Morgan fingerprint density at radius 3 is 2.80 bits per heavy atom. The van der Waals surface area contributed by atoms with Crippen molar-refractivity contribution in [2.24, 2.45) is 4.99 Å². The highest BCUT2D eigenvalue weighted by Gasteiger charge is 2.37. The fourth-order valence-corrected chi connectivity index (χ4v) is 2.44. The summed E-state index contributed by atoms with van der Waals surface area (Å²) in [6.45, 7) is 3.39. The van der Waals surface area contributed by atoms with Crippen LogP contribution >= 0.6 is 0 Å². The first-order valence-electron chi connectivity index (χ1n) is 6.27. The van der Waals surface area contributed by atoms with E-state index in [0.29, 0.717) is 17.9 Å². The third-order valence-corrected chi connectivity index (χ3v) is 3.28. The Bertz CT molecular complexity index is 685. The molecular formula is C13H13F3N4. The number of para-hydroxylation sites is 1. The topological polar surface area (TPSA) is 42.2 Å². The van der Waals surface area contributed by atoms with E-state index in [4.69, 9.17) is 0 Å². The van der Waals surface area contributed by atoms with E-state index in [1.807, 2.05) is 0 Å². The number of amidine groups is 1. The first kappa shape index (κ1) is 13.0. The van der Waals surface area contributed by atoms with Crippen LogP contribution in [-0.2, 0) is 12.7 Å². The molecule has 1 aromatic heterocycles. The number of nitrogens with one attached hydrogen (secondary N) is 1. The Labute approximate surface area is 113 Å². The van der Waals surface area contributed by atoms with Crippen molar-refractivity contribution in [3.8, 4) is 0 Å². The Hall–Kier alpha value is -2.05. The van der Waals surface area contributed by atoms with E-state index in [1.54, 1.807) is 19.1 Å². The van der Waals surface area contributed by atoms with Crippen LogP contribution in [0.2, 0.25) is 0 Å². The van der Waals surface area contributed by atoms with Crippen molar-refractivity contribution in [1.82, 2.24) is 15.1 Å². The molecular weight excluding hydrogens is 269 g/mol. The number of aryl methyl sites for hydroxylation is 1. The van der Waals surface area contributed by atoms with Crippen LogP contribution in [0.3, 0.4) is 0 Å². The minimum atomic E-state index is -4.46. The summed E-state index contributed by atoms with van der Waals surface area (Å²) in [6.07, 6.45) is -4.46. The number of rotatable bonds is 2. The van der Waals surface area contributed by atoms with Gasteiger partial charge in [0.2, 0.25) is 0 Å². The van der Waals surface area contributed by atoms with E-state index in [-0.39, 0.29) is 11.9 Å². The van der Waals surface area contributed by atoms with Gasteiger partial charge in [0.25, 0.3) is 0 Å². The third-order valence-electron chi connectivity index (χ3n) is 3.28. The summed E-state index contributed by atoms with van der Waals surface area (Å²) in [4.78, 5) is 4.20. The SMILES string of the molecule is Cc1cccc2c(C(F)(F)F)nn(CC3=NCCN3)c12. The van der Waals surface area contributed by atoms with Crippen LogP contribution in [0.15, 0.2) is 23.2 Å². The molecule has 2 aromatic rings. The lowest BCUT2D eigenvalue weighted by Gasteiger charge is -2.05. The summed E-state index contributed by atoms with van der Waals surface area (Å²) in [7, 11) is 0. The summed E-state index contributed by atoms with van der Waals surface area (Å²) < 4.78 is 40.5. The number of halogens is 3. The molecule has 0 atom stereocenters. The molecule has 0 spiro atoms. The van der Waals surface area contributed by atoms with Gasteiger partial charge in [-0.1, -0.05) is 18.2 Å². The maximum Gasteiger partial charge on any atom is 0.435 e. The van der Waals surface area contributed by atoms with E-state index >= 15 is 0 Å². The molecule has 20 heavy (non-hydrogen) atoms. The Morgan fingerprint density at radius 1 is 1.35 bits per heavy atom. The maximum absolute atomic E-state index is 13.1. The average Bonchev–Trinajstić information content (AvgIpc) is 2.97. The third kappa shape index (κ3) is 2.13. The summed E-state index contributed by atoms with van der Waals surface area (Å²) in [5.74, 6) is 0.673. The predicted octanol–water partition coefficient (Wildman–Crippen LogP) is 2.37. The summed E-state index contributed by atoms with van der Waals surface area (Å²) in [5, 5.41) is 6.94. The van der Waals surface area contributed by atoms with Gasteiger partial charge in [-0.2, -0.15) is 18.3 Å². The van der Waals surface area contributed by atoms with Crippen molar-refractivity contribution >= 4 is 16.7 Å². The van der Waals surface area contributed by atoms with Crippen molar-refractivity contribution in [1.29, 1.82) is 0 Å². The standard InChI is InChI=1S/C13H13F3N4/c1-8-3-2-4-9-11(8)20(7-10-17-5-6-18-10)19-12(9)13(14,15)16/h2-4H,5-7H2,1H3,(H,17,18). The first-order valence-corrected chi connectivity index (χ1v) is 6.27. The Balaban J connectivity index is 2.16. The van der Waals surface area contributed by atoms with Gasteiger partial charge in [0.15, 0.2) is 5.69 Å². The number of benzene rings is 1. The normalized spacial score (nSPS) is 15.5. The second kappa shape index (κ2) is 4.50.